The third kappa shape index (κ3) is 4.19. The van der Waals surface area contributed by atoms with Crippen LogP contribution in [0.2, 0.25) is 0 Å². The highest BCUT2D eigenvalue weighted by Crippen LogP contribution is 2.36. The van der Waals surface area contributed by atoms with Gasteiger partial charge in [-0.15, -0.1) is 0 Å². The monoisotopic (exact) mass is 266 g/mol. The summed E-state index contributed by atoms with van der Waals surface area (Å²) in [6, 6.07) is 0. The molecule has 0 aromatic carbocycles. The number of likely N-dealkylation sites (tertiary alicyclic amines) is 2. The molecule has 2 saturated heterocycles. The summed E-state index contributed by atoms with van der Waals surface area (Å²) in [5, 5.41) is 0. The lowest BCUT2D eigenvalue weighted by molar-refractivity contribution is 0.0257. The van der Waals surface area contributed by atoms with Crippen molar-refractivity contribution in [2.45, 2.75) is 53.4 Å². The second-order valence-corrected chi connectivity index (χ2v) is 7.73. The van der Waals surface area contributed by atoms with Crippen LogP contribution in [0.15, 0.2) is 0 Å². The second kappa shape index (κ2) is 6.58. The summed E-state index contributed by atoms with van der Waals surface area (Å²) in [4.78, 5) is 5.41. The lowest BCUT2D eigenvalue weighted by atomic mass is 9.73. The number of hydrogen-bond acceptors (Lipinski definition) is 2. The molecule has 2 fully saturated rings. The minimum atomic E-state index is 0.497. The molecule has 0 aliphatic carbocycles. The zero-order valence-corrected chi connectivity index (χ0v) is 13.6. The quantitative estimate of drug-likeness (QED) is 0.769. The van der Waals surface area contributed by atoms with Crippen LogP contribution in [0.4, 0.5) is 0 Å². The van der Waals surface area contributed by atoms with E-state index in [4.69, 9.17) is 0 Å². The van der Waals surface area contributed by atoms with Crippen molar-refractivity contribution in [1.29, 1.82) is 0 Å². The van der Waals surface area contributed by atoms with Crippen LogP contribution in [-0.2, 0) is 0 Å². The highest BCUT2D eigenvalue weighted by Gasteiger charge is 2.36. The fourth-order valence-corrected chi connectivity index (χ4v) is 3.92. The van der Waals surface area contributed by atoms with E-state index in [-0.39, 0.29) is 0 Å². The van der Waals surface area contributed by atoms with E-state index in [9.17, 15) is 0 Å². The van der Waals surface area contributed by atoms with Gasteiger partial charge in [0.15, 0.2) is 0 Å². The molecule has 2 heterocycles. The molecule has 0 aromatic heterocycles. The minimum absolute atomic E-state index is 0.497. The van der Waals surface area contributed by atoms with E-state index in [1.54, 1.807) is 0 Å². The van der Waals surface area contributed by atoms with Crippen LogP contribution in [0.3, 0.4) is 0 Å². The molecule has 112 valence electrons. The van der Waals surface area contributed by atoms with Crippen LogP contribution in [0.1, 0.15) is 53.4 Å². The fourth-order valence-electron chi connectivity index (χ4n) is 3.92. The van der Waals surface area contributed by atoms with Crippen molar-refractivity contribution in [3.05, 3.63) is 0 Å². The largest absolute Gasteiger partial charge is 0.303 e. The Balaban J connectivity index is 1.83. The van der Waals surface area contributed by atoms with Crippen LogP contribution in [0, 0.1) is 17.3 Å². The average Bonchev–Trinajstić information content (AvgIpc) is 2.35. The molecule has 0 amide bonds. The first-order valence-corrected chi connectivity index (χ1v) is 8.46. The zero-order valence-electron chi connectivity index (χ0n) is 13.6. The summed E-state index contributed by atoms with van der Waals surface area (Å²) in [6.07, 6.45) is 5.52. The maximum Gasteiger partial charge on any atom is 0.00358 e. The van der Waals surface area contributed by atoms with Crippen LogP contribution in [-0.4, -0.2) is 49.1 Å². The molecule has 2 nitrogen and oxygen atoms in total. The molecule has 2 aliphatic heterocycles. The van der Waals surface area contributed by atoms with E-state index in [2.05, 4.69) is 37.5 Å². The summed E-state index contributed by atoms with van der Waals surface area (Å²) < 4.78 is 0. The molecule has 0 spiro atoms. The molecule has 0 bridgehead atoms. The van der Waals surface area contributed by atoms with Gasteiger partial charge in [-0.1, -0.05) is 27.7 Å². The van der Waals surface area contributed by atoms with E-state index in [1.807, 2.05) is 0 Å². The van der Waals surface area contributed by atoms with Gasteiger partial charge >= 0.3 is 0 Å². The molecule has 0 radical (unpaired) electrons. The Morgan fingerprint density at radius 1 is 1.00 bits per heavy atom. The summed E-state index contributed by atoms with van der Waals surface area (Å²) in [5.74, 6) is 1.85. The summed E-state index contributed by atoms with van der Waals surface area (Å²) >= 11 is 0. The van der Waals surface area contributed by atoms with E-state index >= 15 is 0 Å². The van der Waals surface area contributed by atoms with Crippen LogP contribution in [0.25, 0.3) is 0 Å². The minimum Gasteiger partial charge on any atom is -0.303 e. The Kier molecular flexibility index (Phi) is 5.30. The van der Waals surface area contributed by atoms with Crippen molar-refractivity contribution in [2.75, 3.05) is 39.3 Å². The summed E-state index contributed by atoms with van der Waals surface area (Å²) in [6.45, 7) is 17.6. The Bertz CT molecular complexity index is 266. The van der Waals surface area contributed by atoms with Gasteiger partial charge in [0, 0.05) is 13.1 Å². The predicted octanol–water partition coefficient (Wildman–Crippen LogP) is 3.48. The molecule has 2 aliphatic rings. The molecule has 0 unspecified atom stereocenters. The molecule has 2 heteroatoms. The molecule has 1 atom stereocenters. The maximum absolute atomic E-state index is 2.74. The first kappa shape index (κ1) is 15.3. The van der Waals surface area contributed by atoms with Crippen molar-refractivity contribution in [1.82, 2.24) is 9.80 Å². The van der Waals surface area contributed by atoms with Gasteiger partial charge < -0.3 is 9.80 Å². The second-order valence-electron chi connectivity index (χ2n) is 7.73. The molecule has 0 N–H and O–H groups in total. The van der Waals surface area contributed by atoms with Crippen molar-refractivity contribution in [2.24, 2.45) is 17.3 Å². The van der Waals surface area contributed by atoms with Gasteiger partial charge in [-0.25, -0.2) is 0 Å². The van der Waals surface area contributed by atoms with E-state index in [1.165, 1.54) is 65.0 Å². The Hall–Kier alpha value is -0.0800. The Morgan fingerprint density at radius 2 is 1.63 bits per heavy atom. The Morgan fingerprint density at radius 3 is 2.21 bits per heavy atom. The molecular weight excluding hydrogens is 232 g/mol. The first-order chi connectivity index (χ1) is 9.01. The van der Waals surface area contributed by atoms with Crippen molar-refractivity contribution in [3.63, 3.8) is 0 Å². The molecule has 0 saturated carbocycles. The molecular formula is C17H34N2. The third-order valence-corrected chi connectivity index (χ3v) is 5.42. The van der Waals surface area contributed by atoms with E-state index in [0.717, 1.165) is 11.8 Å². The van der Waals surface area contributed by atoms with Crippen LogP contribution < -0.4 is 0 Å². The van der Waals surface area contributed by atoms with Crippen LogP contribution >= 0.6 is 0 Å². The Labute approximate surface area is 120 Å². The topological polar surface area (TPSA) is 6.48 Å². The lowest BCUT2D eigenvalue weighted by Crippen LogP contribution is -2.50. The smallest absolute Gasteiger partial charge is 0.00358 e. The number of nitrogens with zero attached hydrogens (tertiary/aromatic N) is 2. The number of rotatable bonds is 4. The van der Waals surface area contributed by atoms with Crippen molar-refractivity contribution >= 4 is 0 Å². The average molecular weight is 266 g/mol. The highest BCUT2D eigenvalue weighted by molar-refractivity contribution is 4.89. The number of piperidine rings is 2. The predicted molar refractivity (Wildman–Crippen MR) is 83.5 cm³/mol. The first-order valence-electron chi connectivity index (χ1n) is 8.46. The van der Waals surface area contributed by atoms with Crippen molar-refractivity contribution in [3.8, 4) is 0 Å². The standard InChI is InChI=1S/C17H34N2/c1-5-9-19-12-8-16(17(3,4)14-19)13-18-10-6-15(2)7-11-18/h15-16H,5-14H2,1-4H3/t16-/m0/s1. The van der Waals surface area contributed by atoms with E-state index in [0.29, 0.717) is 5.41 Å². The summed E-state index contributed by atoms with van der Waals surface area (Å²) in [7, 11) is 0. The van der Waals surface area contributed by atoms with Crippen molar-refractivity contribution < 1.29 is 0 Å². The van der Waals surface area contributed by atoms with E-state index < -0.39 is 0 Å². The fraction of sp³-hybridized carbons (Fsp3) is 1.00. The van der Waals surface area contributed by atoms with Gasteiger partial charge in [0.2, 0.25) is 0 Å². The van der Waals surface area contributed by atoms with Gasteiger partial charge in [0.05, 0.1) is 0 Å². The SMILES string of the molecule is CCCN1CC[C@@H](CN2CCC(C)CC2)C(C)(C)C1. The summed E-state index contributed by atoms with van der Waals surface area (Å²) in [5.41, 5.74) is 0.497. The third-order valence-electron chi connectivity index (χ3n) is 5.42. The lowest BCUT2D eigenvalue weighted by Gasteiger charge is -2.46. The zero-order chi connectivity index (χ0) is 13.9. The number of hydrogen-bond donors (Lipinski definition) is 0. The highest BCUT2D eigenvalue weighted by atomic mass is 15.2. The van der Waals surface area contributed by atoms with Gasteiger partial charge in [0.1, 0.15) is 0 Å². The van der Waals surface area contributed by atoms with Gasteiger partial charge in [-0.3, -0.25) is 0 Å². The van der Waals surface area contributed by atoms with Gasteiger partial charge in [0.25, 0.3) is 0 Å². The normalized spacial score (nSPS) is 30.6. The molecule has 19 heavy (non-hydrogen) atoms. The van der Waals surface area contributed by atoms with Crippen LogP contribution in [0.5, 0.6) is 0 Å². The maximum atomic E-state index is 2.74. The molecule has 0 aromatic rings. The van der Waals surface area contributed by atoms with Gasteiger partial charge in [-0.05, 0) is 69.1 Å². The molecule has 2 rings (SSSR count). The van der Waals surface area contributed by atoms with Gasteiger partial charge in [-0.2, -0.15) is 0 Å².